The van der Waals surface area contributed by atoms with Crippen LogP contribution in [0.2, 0.25) is 0 Å². The maximum atomic E-state index is 11.8. The average molecular weight is 316 g/mol. The predicted molar refractivity (Wildman–Crippen MR) is 85.2 cm³/mol. The van der Waals surface area contributed by atoms with E-state index in [4.69, 9.17) is 4.74 Å². The van der Waals surface area contributed by atoms with Crippen LogP contribution in [-0.2, 0) is 9.53 Å². The minimum atomic E-state index is -0.182. The van der Waals surface area contributed by atoms with E-state index in [1.165, 1.54) is 0 Å². The molecule has 0 atom stereocenters. The highest BCUT2D eigenvalue weighted by molar-refractivity contribution is 5.98. The van der Waals surface area contributed by atoms with Crippen LogP contribution in [0.25, 0.3) is 0 Å². The maximum Gasteiger partial charge on any atom is 0.251 e. The van der Waals surface area contributed by atoms with Gasteiger partial charge in [0.1, 0.15) is 0 Å². The molecule has 0 radical (unpaired) electrons. The van der Waals surface area contributed by atoms with Gasteiger partial charge in [0.05, 0.1) is 13.2 Å². The van der Waals surface area contributed by atoms with Crippen LogP contribution in [0.3, 0.4) is 0 Å². The van der Waals surface area contributed by atoms with Gasteiger partial charge in [0.15, 0.2) is 0 Å². The molecule has 0 saturated heterocycles. The molecule has 0 aliphatic carbocycles. The van der Waals surface area contributed by atoms with Gasteiger partial charge in [-0.15, -0.1) is 12.4 Å². The molecule has 1 rings (SSSR count). The molecule has 0 saturated carbocycles. The van der Waals surface area contributed by atoms with Gasteiger partial charge in [-0.1, -0.05) is 6.07 Å². The van der Waals surface area contributed by atoms with E-state index in [9.17, 15) is 9.59 Å². The summed E-state index contributed by atoms with van der Waals surface area (Å²) in [5.74, 6) is -0.336. The number of ether oxygens (including phenoxy) is 1. The van der Waals surface area contributed by atoms with E-state index in [0.29, 0.717) is 24.4 Å². The zero-order valence-electron chi connectivity index (χ0n) is 12.5. The summed E-state index contributed by atoms with van der Waals surface area (Å²) < 4.78 is 4.88. The van der Waals surface area contributed by atoms with Crippen molar-refractivity contribution in [1.82, 2.24) is 10.6 Å². The third-order valence-electron chi connectivity index (χ3n) is 2.77. The summed E-state index contributed by atoms with van der Waals surface area (Å²) in [6.45, 7) is 3.24. The van der Waals surface area contributed by atoms with Crippen molar-refractivity contribution in [1.29, 1.82) is 0 Å². The quantitative estimate of drug-likeness (QED) is 0.655. The van der Waals surface area contributed by atoms with Gasteiger partial charge in [0, 0.05) is 32.0 Å². The number of carbonyl (C=O) groups excluding carboxylic acids is 2. The molecular formula is C14H22ClN3O3. The zero-order valence-corrected chi connectivity index (χ0v) is 13.3. The number of carbonyl (C=O) groups is 2. The minimum Gasteiger partial charge on any atom is -0.383 e. The molecule has 0 spiro atoms. The fourth-order valence-electron chi connectivity index (χ4n) is 1.61. The molecule has 0 aromatic heterocycles. The Labute approximate surface area is 131 Å². The lowest BCUT2D eigenvalue weighted by Gasteiger charge is -2.10. The van der Waals surface area contributed by atoms with Crippen molar-refractivity contribution in [2.24, 2.45) is 0 Å². The van der Waals surface area contributed by atoms with Gasteiger partial charge < -0.3 is 20.7 Å². The maximum absolute atomic E-state index is 11.8. The molecular weight excluding hydrogens is 294 g/mol. The summed E-state index contributed by atoms with van der Waals surface area (Å²) in [6.07, 6.45) is 0. The van der Waals surface area contributed by atoms with Crippen LogP contribution in [0.4, 0.5) is 5.69 Å². The molecule has 2 amide bonds. The standard InChI is InChI=1S/C14H21N3O3.ClH/c1-10-4-5-11(14(19)15-2)8-12(10)17-13(18)9-16-6-7-20-3;/h4-5,8,16H,6-7,9H2,1-3H3,(H,15,19)(H,17,18);1H. The third-order valence-corrected chi connectivity index (χ3v) is 2.77. The van der Waals surface area contributed by atoms with E-state index in [1.807, 2.05) is 6.92 Å². The van der Waals surface area contributed by atoms with Gasteiger partial charge in [-0.05, 0) is 24.6 Å². The molecule has 0 heterocycles. The Balaban J connectivity index is 0.00000400. The van der Waals surface area contributed by atoms with Crippen molar-refractivity contribution in [2.45, 2.75) is 6.92 Å². The van der Waals surface area contributed by atoms with Crippen molar-refractivity contribution >= 4 is 29.9 Å². The van der Waals surface area contributed by atoms with Crippen molar-refractivity contribution in [3.8, 4) is 0 Å². The van der Waals surface area contributed by atoms with Crippen LogP contribution in [0.1, 0.15) is 15.9 Å². The fraction of sp³-hybridized carbons (Fsp3) is 0.429. The summed E-state index contributed by atoms with van der Waals surface area (Å²) in [4.78, 5) is 23.3. The Morgan fingerprint density at radius 3 is 2.62 bits per heavy atom. The van der Waals surface area contributed by atoms with Crippen LogP contribution in [0, 0.1) is 6.92 Å². The van der Waals surface area contributed by atoms with Crippen molar-refractivity contribution < 1.29 is 14.3 Å². The van der Waals surface area contributed by atoms with Crippen LogP contribution >= 0.6 is 12.4 Å². The van der Waals surface area contributed by atoms with Crippen molar-refractivity contribution in [3.63, 3.8) is 0 Å². The molecule has 0 bridgehead atoms. The van der Waals surface area contributed by atoms with E-state index in [-0.39, 0.29) is 30.8 Å². The molecule has 118 valence electrons. The van der Waals surface area contributed by atoms with Gasteiger partial charge in [-0.25, -0.2) is 0 Å². The number of benzene rings is 1. The minimum absolute atomic E-state index is 0. The summed E-state index contributed by atoms with van der Waals surface area (Å²) in [5.41, 5.74) is 2.06. The van der Waals surface area contributed by atoms with E-state index in [1.54, 1.807) is 32.4 Å². The summed E-state index contributed by atoms with van der Waals surface area (Å²) in [7, 11) is 3.18. The normalized spacial score (nSPS) is 9.67. The number of halogens is 1. The summed E-state index contributed by atoms with van der Waals surface area (Å²) >= 11 is 0. The summed E-state index contributed by atoms with van der Waals surface area (Å²) in [5, 5.41) is 8.29. The molecule has 0 aliphatic rings. The molecule has 6 nitrogen and oxygen atoms in total. The zero-order chi connectivity index (χ0) is 15.0. The number of anilines is 1. The molecule has 0 unspecified atom stereocenters. The Hall–Kier alpha value is -1.63. The lowest BCUT2D eigenvalue weighted by molar-refractivity contribution is -0.115. The topological polar surface area (TPSA) is 79.5 Å². The Bertz CT molecular complexity index is 481. The van der Waals surface area contributed by atoms with E-state index in [0.717, 1.165) is 5.56 Å². The molecule has 21 heavy (non-hydrogen) atoms. The second-order valence-corrected chi connectivity index (χ2v) is 4.33. The number of rotatable bonds is 7. The fourth-order valence-corrected chi connectivity index (χ4v) is 1.61. The lowest BCUT2D eigenvalue weighted by Crippen LogP contribution is -2.30. The SMILES string of the molecule is CNC(=O)c1ccc(C)c(NC(=O)CNCCOC)c1.Cl. The highest BCUT2D eigenvalue weighted by Crippen LogP contribution is 2.16. The monoisotopic (exact) mass is 315 g/mol. The van der Waals surface area contributed by atoms with Gasteiger partial charge in [0.25, 0.3) is 5.91 Å². The molecule has 3 N–H and O–H groups in total. The van der Waals surface area contributed by atoms with Gasteiger partial charge in [0.2, 0.25) is 5.91 Å². The molecule has 0 fully saturated rings. The summed E-state index contributed by atoms with van der Waals surface area (Å²) in [6, 6.07) is 5.19. The number of nitrogens with one attached hydrogen (secondary N) is 3. The number of methoxy groups -OCH3 is 1. The Morgan fingerprint density at radius 1 is 1.29 bits per heavy atom. The molecule has 0 aliphatic heterocycles. The van der Waals surface area contributed by atoms with Gasteiger partial charge in [-0.3, -0.25) is 9.59 Å². The lowest BCUT2D eigenvalue weighted by atomic mass is 10.1. The van der Waals surface area contributed by atoms with Gasteiger partial charge >= 0.3 is 0 Å². The smallest absolute Gasteiger partial charge is 0.251 e. The van der Waals surface area contributed by atoms with Crippen LogP contribution < -0.4 is 16.0 Å². The highest BCUT2D eigenvalue weighted by atomic mass is 35.5. The third kappa shape index (κ3) is 6.57. The average Bonchev–Trinajstić information content (AvgIpc) is 2.45. The first-order valence-electron chi connectivity index (χ1n) is 6.40. The number of aryl methyl sites for hydroxylation is 1. The van der Waals surface area contributed by atoms with Gasteiger partial charge in [-0.2, -0.15) is 0 Å². The largest absolute Gasteiger partial charge is 0.383 e. The molecule has 1 aromatic carbocycles. The molecule has 7 heteroatoms. The van der Waals surface area contributed by atoms with E-state index >= 15 is 0 Å². The van der Waals surface area contributed by atoms with Crippen molar-refractivity contribution in [2.75, 3.05) is 39.2 Å². The van der Waals surface area contributed by atoms with E-state index < -0.39 is 0 Å². The number of hydrogen-bond donors (Lipinski definition) is 3. The predicted octanol–water partition coefficient (Wildman–Crippen LogP) is 0.951. The van der Waals surface area contributed by atoms with E-state index in [2.05, 4.69) is 16.0 Å². The number of hydrogen-bond acceptors (Lipinski definition) is 4. The second-order valence-electron chi connectivity index (χ2n) is 4.33. The molecule has 1 aromatic rings. The number of amides is 2. The van der Waals surface area contributed by atoms with Crippen LogP contribution in [0.5, 0.6) is 0 Å². The van der Waals surface area contributed by atoms with Crippen LogP contribution in [-0.4, -0.2) is 45.7 Å². The Morgan fingerprint density at radius 2 is 2.00 bits per heavy atom. The first kappa shape index (κ1) is 19.4. The Kier molecular flexibility index (Phi) is 9.36. The van der Waals surface area contributed by atoms with Crippen LogP contribution in [0.15, 0.2) is 18.2 Å². The highest BCUT2D eigenvalue weighted by Gasteiger charge is 2.08. The van der Waals surface area contributed by atoms with Crippen molar-refractivity contribution in [3.05, 3.63) is 29.3 Å². The first-order chi connectivity index (χ1) is 9.58. The second kappa shape index (κ2) is 10.1. The first-order valence-corrected chi connectivity index (χ1v) is 6.40.